The van der Waals surface area contributed by atoms with Gasteiger partial charge in [0.05, 0.1) is 23.8 Å². The molecule has 0 saturated heterocycles. The number of carbonyl (C=O) groups excluding carboxylic acids is 1. The van der Waals surface area contributed by atoms with Gasteiger partial charge in [-0.2, -0.15) is 5.10 Å². The number of aryl methyl sites for hydroxylation is 1. The standard InChI is InChI=1S/C20H20N6O3S/c1-11-12(2)24-25-18(11)20(27)22-16-8-14-9-17(23-19(14)21-10-16)13-4-6-15(7-5-13)26-30(3,28)29/h4-10,26H,1-3H3,(H,21,23)(H,22,27)(H,24,25). The van der Waals surface area contributed by atoms with Gasteiger partial charge in [-0.05, 0) is 43.7 Å². The zero-order valence-electron chi connectivity index (χ0n) is 16.6. The molecule has 3 heterocycles. The number of H-pyrrole nitrogens is 2. The number of benzene rings is 1. The first kappa shape index (κ1) is 19.6. The summed E-state index contributed by atoms with van der Waals surface area (Å²) in [5.74, 6) is -0.279. The third-order valence-corrected chi connectivity index (χ3v) is 5.31. The number of sulfonamides is 1. The van der Waals surface area contributed by atoms with Crippen LogP contribution >= 0.6 is 0 Å². The monoisotopic (exact) mass is 424 g/mol. The van der Waals surface area contributed by atoms with Gasteiger partial charge in [-0.25, -0.2) is 13.4 Å². The first-order chi connectivity index (χ1) is 14.2. The largest absolute Gasteiger partial charge is 0.339 e. The zero-order chi connectivity index (χ0) is 21.5. The summed E-state index contributed by atoms with van der Waals surface area (Å²) in [4.78, 5) is 20.1. The second-order valence-electron chi connectivity index (χ2n) is 7.06. The number of aromatic nitrogens is 4. The van der Waals surface area contributed by atoms with E-state index in [1.807, 2.05) is 38.1 Å². The lowest BCUT2D eigenvalue weighted by Crippen LogP contribution is -2.13. The Morgan fingerprint density at radius 1 is 1.07 bits per heavy atom. The molecule has 0 unspecified atom stereocenters. The number of amides is 1. The molecule has 0 bridgehead atoms. The lowest BCUT2D eigenvalue weighted by atomic mass is 10.1. The van der Waals surface area contributed by atoms with Gasteiger partial charge in [0.1, 0.15) is 11.3 Å². The fourth-order valence-corrected chi connectivity index (χ4v) is 3.64. The molecule has 0 spiro atoms. The van der Waals surface area contributed by atoms with Gasteiger partial charge in [0.25, 0.3) is 5.91 Å². The maximum atomic E-state index is 12.5. The summed E-state index contributed by atoms with van der Waals surface area (Å²) in [5.41, 5.74) is 5.44. The normalized spacial score (nSPS) is 11.6. The van der Waals surface area contributed by atoms with Crippen LogP contribution in [0.25, 0.3) is 22.3 Å². The average Bonchev–Trinajstić information content (AvgIpc) is 3.24. The van der Waals surface area contributed by atoms with E-state index in [1.165, 1.54) is 0 Å². The highest BCUT2D eigenvalue weighted by atomic mass is 32.2. The number of aromatic amines is 2. The van der Waals surface area contributed by atoms with Crippen molar-refractivity contribution in [2.75, 3.05) is 16.3 Å². The number of nitrogens with one attached hydrogen (secondary N) is 4. The van der Waals surface area contributed by atoms with E-state index >= 15 is 0 Å². The molecule has 4 aromatic rings. The van der Waals surface area contributed by atoms with Crippen molar-refractivity contribution in [3.05, 3.63) is 59.5 Å². The second-order valence-corrected chi connectivity index (χ2v) is 8.81. The Bertz CT molecular complexity index is 1350. The molecule has 4 N–H and O–H groups in total. The van der Waals surface area contributed by atoms with Gasteiger partial charge in [-0.1, -0.05) is 12.1 Å². The molecule has 154 valence electrons. The third kappa shape index (κ3) is 4.03. The van der Waals surface area contributed by atoms with Crippen LogP contribution in [0.4, 0.5) is 11.4 Å². The number of rotatable bonds is 5. The van der Waals surface area contributed by atoms with Gasteiger partial charge >= 0.3 is 0 Å². The van der Waals surface area contributed by atoms with Crippen LogP contribution in [0.15, 0.2) is 42.6 Å². The highest BCUT2D eigenvalue weighted by molar-refractivity contribution is 7.92. The highest BCUT2D eigenvalue weighted by Gasteiger charge is 2.14. The van der Waals surface area contributed by atoms with Gasteiger partial charge in [0.15, 0.2) is 0 Å². The Balaban J connectivity index is 1.56. The molecule has 0 saturated carbocycles. The Labute approximate surface area is 173 Å². The van der Waals surface area contributed by atoms with Crippen LogP contribution in [0.3, 0.4) is 0 Å². The van der Waals surface area contributed by atoms with Crippen molar-refractivity contribution in [2.24, 2.45) is 0 Å². The molecular formula is C20H20N6O3S. The summed E-state index contributed by atoms with van der Waals surface area (Å²) in [7, 11) is -3.32. The van der Waals surface area contributed by atoms with Gasteiger partial charge in [-0.3, -0.25) is 14.6 Å². The summed E-state index contributed by atoms with van der Waals surface area (Å²) in [6.07, 6.45) is 2.69. The number of carbonyl (C=O) groups is 1. The first-order valence-electron chi connectivity index (χ1n) is 9.09. The fourth-order valence-electron chi connectivity index (χ4n) is 3.07. The quantitative estimate of drug-likeness (QED) is 0.390. The molecule has 9 nitrogen and oxygen atoms in total. The van der Waals surface area contributed by atoms with Crippen LogP contribution in [0.2, 0.25) is 0 Å². The van der Waals surface area contributed by atoms with Gasteiger partial charge < -0.3 is 10.3 Å². The maximum absolute atomic E-state index is 12.5. The lowest BCUT2D eigenvalue weighted by Gasteiger charge is -2.04. The smallest absolute Gasteiger partial charge is 0.273 e. The molecule has 0 aliphatic carbocycles. The summed E-state index contributed by atoms with van der Waals surface area (Å²) < 4.78 is 25.1. The summed E-state index contributed by atoms with van der Waals surface area (Å²) in [6, 6.07) is 10.8. The highest BCUT2D eigenvalue weighted by Crippen LogP contribution is 2.26. The summed E-state index contributed by atoms with van der Waals surface area (Å²) >= 11 is 0. The lowest BCUT2D eigenvalue weighted by molar-refractivity contribution is 0.102. The molecule has 1 amide bonds. The van der Waals surface area contributed by atoms with Gasteiger partial charge in [0.2, 0.25) is 10.0 Å². The SMILES string of the molecule is Cc1n[nH]c(C(=O)Nc2cnc3[nH]c(-c4ccc(NS(C)(=O)=O)cc4)cc3c2)c1C. The summed E-state index contributed by atoms with van der Waals surface area (Å²) in [6.45, 7) is 3.67. The molecular weight excluding hydrogens is 404 g/mol. The number of fused-ring (bicyclic) bond motifs is 1. The molecule has 4 rings (SSSR count). The van der Waals surface area contributed by atoms with E-state index in [2.05, 4.69) is 30.2 Å². The van der Waals surface area contributed by atoms with Crippen LogP contribution in [-0.4, -0.2) is 40.7 Å². The Morgan fingerprint density at radius 2 is 1.80 bits per heavy atom. The topological polar surface area (TPSA) is 133 Å². The minimum absolute atomic E-state index is 0.279. The van der Waals surface area contributed by atoms with Crippen molar-refractivity contribution in [2.45, 2.75) is 13.8 Å². The van der Waals surface area contributed by atoms with E-state index in [0.717, 1.165) is 34.2 Å². The molecule has 0 radical (unpaired) electrons. The molecule has 1 aromatic carbocycles. The first-order valence-corrected chi connectivity index (χ1v) is 11.0. The zero-order valence-corrected chi connectivity index (χ0v) is 17.4. The van der Waals surface area contributed by atoms with Crippen molar-refractivity contribution in [1.29, 1.82) is 0 Å². The van der Waals surface area contributed by atoms with E-state index in [1.54, 1.807) is 18.3 Å². The molecule has 30 heavy (non-hydrogen) atoms. The predicted octanol–water partition coefficient (Wildman–Crippen LogP) is 3.19. The van der Waals surface area contributed by atoms with Crippen LogP contribution in [0, 0.1) is 13.8 Å². The number of hydrogen-bond acceptors (Lipinski definition) is 5. The molecule has 0 atom stereocenters. The van der Waals surface area contributed by atoms with E-state index in [0.29, 0.717) is 22.7 Å². The maximum Gasteiger partial charge on any atom is 0.273 e. The minimum atomic E-state index is -3.32. The van der Waals surface area contributed by atoms with E-state index in [4.69, 9.17) is 0 Å². The second kappa shape index (κ2) is 7.30. The number of nitrogens with zero attached hydrogens (tertiary/aromatic N) is 2. The number of hydrogen-bond donors (Lipinski definition) is 4. The Kier molecular flexibility index (Phi) is 4.78. The molecule has 3 aromatic heterocycles. The van der Waals surface area contributed by atoms with Crippen LogP contribution < -0.4 is 10.0 Å². The van der Waals surface area contributed by atoms with Crippen LogP contribution in [0.1, 0.15) is 21.7 Å². The van der Waals surface area contributed by atoms with Gasteiger partial charge in [0, 0.05) is 22.3 Å². The van der Waals surface area contributed by atoms with Crippen molar-refractivity contribution < 1.29 is 13.2 Å². The molecule has 0 fully saturated rings. The van der Waals surface area contributed by atoms with Crippen LogP contribution in [0.5, 0.6) is 0 Å². The molecule has 10 heteroatoms. The van der Waals surface area contributed by atoms with Crippen LogP contribution in [-0.2, 0) is 10.0 Å². The Hall–Kier alpha value is -3.66. The average molecular weight is 424 g/mol. The molecule has 0 aliphatic rings. The summed E-state index contributed by atoms with van der Waals surface area (Å²) in [5, 5.41) is 10.5. The fraction of sp³-hybridized carbons (Fsp3) is 0.150. The number of pyridine rings is 1. The van der Waals surface area contributed by atoms with Crippen molar-refractivity contribution in [1.82, 2.24) is 20.2 Å². The van der Waals surface area contributed by atoms with E-state index in [-0.39, 0.29) is 5.91 Å². The molecule has 0 aliphatic heterocycles. The third-order valence-electron chi connectivity index (χ3n) is 4.71. The van der Waals surface area contributed by atoms with Crippen molar-refractivity contribution >= 4 is 38.3 Å². The van der Waals surface area contributed by atoms with Crippen molar-refractivity contribution in [3.8, 4) is 11.3 Å². The van der Waals surface area contributed by atoms with E-state index in [9.17, 15) is 13.2 Å². The minimum Gasteiger partial charge on any atom is -0.339 e. The Morgan fingerprint density at radius 3 is 2.43 bits per heavy atom. The van der Waals surface area contributed by atoms with E-state index < -0.39 is 10.0 Å². The van der Waals surface area contributed by atoms with Crippen molar-refractivity contribution in [3.63, 3.8) is 0 Å². The number of anilines is 2. The predicted molar refractivity (Wildman–Crippen MR) is 116 cm³/mol. The van der Waals surface area contributed by atoms with Gasteiger partial charge in [-0.15, -0.1) is 0 Å².